The van der Waals surface area contributed by atoms with E-state index >= 15 is 0 Å². The summed E-state index contributed by atoms with van der Waals surface area (Å²) < 4.78 is 15.3. The van der Waals surface area contributed by atoms with Gasteiger partial charge in [-0.05, 0) is 33.1 Å². The van der Waals surface area contributed by atoms with E-state index in [-0.39, 0.29) is 6.10 Å². The van der Waals surface area contributed by atoms with E-state index in [2.05, 4.69) is 10.7 Å². The quantitative estimate of drug-likeness (QED) is 0.601. The molecule has 3 amide bonds. The molecule has 0 radical (unpaired) electrons. The van der Waals surface area contributed by atoms with Gasteiger partial charge < -0.3 is 19.5 Å². The molecule has 24 heavy (non-hydrogen) atoms. The van der Waals surface area contributed by atoms with Gasteiger partial charge in [0, 0.05) is 0 Å². The fraction of sp³-hybridized carbons (Fsp3) is 0.800. The highest BCUT2D eigenvalue weighted by molar-refractivity contribution is 5.76. The van der Waals surface area contributed by atoms with E-state index in [1.54, 1.807) is 27.7 Å². The number of ether oxygens (including phenoxy) is 3. The number of cyclic esters (lactones) is 1. The topological polar surface area (TPSA) is 106 Å². The normalized spacial score (nSPS) is 20.5. The summed E-state index contributed by atoms with van der Waals surface area (Å²) in [5.74, 6) is 0. The molecule has 1 rings (SSSR count). The molecule has 2 unspecified atom stereocenters. The van der Waals surface area contributed by atoms with Crippen LogP contribution in [-0.2, 0) is 14.2 Å². The summed E-state index contributed by atoms with van der Waals surface area (Å²) in [6.07, 6.45) is -4.23. The fourth-order valence-corrected chi connectivity index (χ4v) is 2.07. The van der Waals surface area contributed by atoms with Crippen molar-refractivity contribution in [2.45, 2.75) is 72.9 Å². The zero-order valence-corrected chi connectivity index (χ0v) is 15.2. The minimum atomic E-state index is -1.07. The lowest BCUT2D eigenvalue weighted by atomic mass is 9.86. The average Bonchev–Trinajstić information content (AvgIpc) is 2.75. The van der Waals surface area contributed by atoms with Gasteiger partial charge >= 0.3 is 18.3 Å². The first-order chi connectivity index (χ1) is 10.9. The minimum Gasteiger partial charge on any atom is -0.446 e. The Morgan fingerprint density at radius 1 is 1.17 bits per heavy atom. The molecule has 1 aliphatic rings. The number of amides is 3. The van der Waals surface area contributed by atoms with Crippen molar-refractivity contribution >= 4 is 18.3 Å². The van der Waals surface area contributed by atoms with E-state index in [0.717, 1.165) is 5.01 Å². The molecule has 0 aromatic heterocycles. The summed E-state index contributed by atoms with van der Waals surface area (Å²) in [4.78, 5) is 35.9. The highest BCUT2D eigenvalue weighted by atomic mass is 16.6. The predicted molar refractivity (Wildman–Crippen MR) is 84.9 cm³/mol. The Morgan fingerprint density at radius 3 is 2.17 bits per heavy atom. The Labute approximate surface area is 141 Å². The van der Waals surface area contributed by atoms with Crippen LogP contribution in [0.5, 0.6) is 0 Å². The monoisotopic (exact) mass is 345 g/mol. The number of rotatable bonds is 3. The second kappa shape index (κ2) is 7.59. The Morgan fingerprint density at radius 2 is 1.71 bits per heavy atom. The molecule has 1 aliphatic heterocycles. The highest BCUT2D eigenvalue weighted by Gasteiger charge is 2.48. The first kappa shape index (κ1) is 19.9. The van der Waals surface area contributed by atoms with Crippen LogP contribution < -0.4 is 10.7 Å². The van der Waals surface area contributed by atoms with Crippen LogP contribution in [0.25, 0.3) is 0 Å². The van der Waals surface area contributed by atoms with Gasteiger partial charge in [-0.1, -0.05) is 20.8 Å². The number of hydrazine groups is 1. The van der Waals surface area contributed by atoms with Gasteiger partial charge in [0.1, 0.15) is 0 Å². The van der Waals surface area contributed by atoms with Crippen molar-refractivity contribution in [3.8, 4) is 0 Å². The summed E-state index contributed by atoms with van der Waals surface area (Å²) in [7, 11) is 0. The van der Waals surface area contributed by atoms with Gasteiger partial charge in [-0.2, -0.15) is 5.01 Å². The van der Waals surface area contributed by atoms with Crippen molar-refractivity contribution in [3.63, 3.8) is 0 Å². The van der Waals surface area contributed by atoms with Gasteiger partial charge in [-0.15, -0.1) is 0 Å². The third kappa shape index (κ3) is 5.47. The molecule has 0 spiro atoms. The molecule has 9 heteroatoms. The maximum absolute atomic E-state index is 12.4. The largest absolute Gasteiger partial charge is 0.446 e. The van der Waals surface area contributed by atoms with E-state index in [4.69, 9.17) is 14.2 Å². The average molecular weight is 345 g/mol. The van der Waals surface area contributed by atoms with Crippen LogP contribution in [-0.4, -0.2) is 47.8 Å². The molecule has 0 saturated carbocycles. The van der Waals surface area contributed by atoms with Crippen molar-refractivity contribution in [3.05, 3.63) is 0 Å². The molecule has 2 N–H and O–H groups in total. The highest BCUT2D eigenvalue weighted by Crippen LogP contribution is 2.29. The number of nitrogens with one attached hydrogen (secondary N) is 2. The second-order valence-electron chi connectivity index (χ2n) is 7.15. The molecule has 1 fully saturated rings. The Bertz CT molecular complexity index is 486. The van der Waals surface area contributed by atoms with Gasteiger partial charge in [0.05, 0.1) is 18.2 Å². The summed E-state index contributed by atoms with van der Waals surface area (Å²) in [6, 6.07) is -0.552. The van der Waals surface area contributed by atoms with E-state index in [0.29, 0.717) is 0 Å². The summed E-state index contributed by atoms with van der Waals surface area (Å²) >= 11 is 0. The van der Waals surface area contributed by atoms with E-state index in [9.17, 15) is 14.4 Å². The van der Waals surface area contributed by atoms with Crippen molar-refractivity contribution < 1.29 is 28.6 Å². The Balaban J connectivity index is 3.04. The number of nitrogens with zero attached hydrogens (tertiary/aromatic N) is 1. The molecular weight excluding hydrogens is 318 g/mol. The fourth-order valence-electron chi connectivity index (χ4n) is 2.07. The SMILES string of the molecule is CC(C)OC(=O)NN(C(=O)OC(C)C)C1OC(=O)NC1C(C)(C)C. The molecule has 2 atom stereocenters. The van der Waals surface area contributed by atoms with Crippen LogP contribution in [0, 0.1) is 5.41 Å². The third-order valence-corrected chi connectivity index (χ3v) is 3.06. The van der Waals surface area contributed by atoms with Crippen LogP contribution in [0.3, 0.4) is 0 Å². The molecule has 9 nitrogen and oxygen atoms in total. The van der Waals surface area contributed by atoms with Gasteiger partial charge in [-0.3, -0.25) is 0 Å². The first-order valence-corrected chi connectivity index (χ1v) is 7.86. The Hall–Kier alpha value is -2.19. The number of alkyl carbamates (subject to hydrolysis) is 1. The van der Waals surface area contributed by atoms with Crippen LogP contribution in [0.2, 0.25) is 0 Å². The smallest absolute Gasteiger partial charge is 0.432 e. The third-order valence-electron chi connectivity index (χ3n) is 3.06. The zero-order valence-electron chi connectivity index (χ0n) is 15.2. The lowest BCUT2D eigenvalue weighted by Crippen LogP contribution is -2.59. The van der Waals surface area contributed by atoms with Crippen molar-refractivity contribution in [1.29, 1.82) is 0 Å². The first-order valence-electron chi connectivity index (χ1n) is 7.86. The minimum absolute atomic E-state index is 0.379. The maximum atomic E-state index is 12.4. The molecule has 0 bridgehead atoms. The number of carbonyl (C=O) groups is 3. The van der Waals surface area contributed by atoms with Crippen LogP contribution in [0.15, 0.2) is 0 Å². The zero-order chi connectivity index (χ0) is 18.7. The number of carbonyl (C=O) groups excluding carboxylic acids is 3. The second-order valence-corrected chi connectivity index (χ2v) is 7.15. The van der Waals surface area contributed by atoms with Crippen molar-refractivity contribution in [1.82, 2.24) is 15.8 Å². The van der Waals surface area contributed by atoms with E-state index in [1.165, 1.54) is 0 Å². The predicted octanol–water partition coefficient (Wildman–Crippen LogP) is 2.36. The van der Waals surface area contributed by atoms with Crippen molar-refractivity contribution in [2.24, 2.45) is 5.41 Å². The van der Waals surface area contributed by atoms with Gasteiger partial charge in [0.25, 0.3) is 0 Å². The maximum Gasteiger partial charge on any atom is 0.432 e. The molecule has 0 aromatic rings. The van der Waals surface area contributed by atoms with Crippen molar-refractivity contribution in [2.75, 3.05) is 0 Å². The van der Waals surface area contributed by atoms with E-state index in [1.807, 2.05) is 20.8 Å². The van der Waals surface area contributed by atoms with E-state index < -0.39 is 42.1 Å². The molecule has 0 aliphatic carbocycles. The molecule has 0 aromatic carbocycles. The molecule has 1 saturated heterocycles. The standard InChI is InChI=1S/C15H27N3O6/c1-8(2)22-13(20)17-18(14(21)23-9(3)4)11-10(15(5,6)7)16-12(19)24-11/h8-11H,1-7H3,(H,16,19)(H,17,20). The summed E-state index contributed by atoms with van der Waals surface area (Å²) in [5, 5.41) is 3.49. The van der Waals surface area contributed by atoms with Gasteiger partial charge in [0.15, 0.2) is 0 Å². The Kier molecular flexibility index (Phi) is 6.28. The van der Waals surface area contributed by atoms with Crippen LogP contribution in [0.1, 0.15) is 48.5 Å². The lowest BCUT2D eigenvalue weighted by molar-refractivity contribution is -0.0467. The summed E-state index contributed by atoms with van der Waals surface area (Å²) in [6.45, 7) is 12.3. The van der Waals surface area contributed by atoms with Crippen LogP contribution in [0.4, 0.5) is 14.4 Å². The molecule has 138 valence electrons. The van der Waals surface area contributed by atoms with Gasteiger partial charge in [0.2, 0.25) is 6.23 Å². The van der Waals surface area contributed by atoms with Crippen LogP contribution >= 0.6 is 0 Å². The lowest BCUT2D eigenvalue weighted by Gasteiger charge is -2.35. The number of hydrogen-bond acceptors (Lipinski definition) is 6. The van der Waals surface area contributed by atoms with Gasteiger partial charge in [-0.25, -0.2) is 19.8 Å². The summed E-state index contributed by atoms with van der Waals surface area (Å²) in [5.41, 5.74) is 1.86. The number of hydrogen-bond donors (Lipinski definition) is 2. The molecular formula is C15H27N3O6. The molecule has 1 heterocycles.